The van der Waals surface area contributed by atoms with Gasteiger partial charge in [-0.2, -0.15) is 0 Å². The summed E-state index contributed by atoms with van der Waals surface area (Å²) >= 11 is 0. The molecule has 2 aromatic carbocycles. The number of fused-ring (bicyclic) bond motifs is 1. The van der Waals surface area contributed by atoms with Crippen molar-refractivity contribution in [2.75, 3.05) is 26.2 Å². The van der Waals surface area contributed by atoms with E-state index in [4.69, 9.17) is 0 Å². The van der Waals surface area contributed by atoms with Crippen LogP contribution in [0.2, 0.25) is 0 Å². The van der Waals surface area contributed by atoms with Crippen molar-refractivity contribution in [3.8, 4) is 11.1 Å². The molecule has 0 unspecified atom stereocenters. The first-order valence-corrected chi connectivity index (χ1v) is 13.3. The molecule has 2 aromatic rings. The smallest absolute Gasteiger partial charge is 0.254 e. The third-order valence-electron chi connectivity index (χ3n) is 7.82. The highest BCUT2D eigenvalue weighted by Crippen LogP contribution is 2.37. The molecule has 0 atom stereocenters. The molecule has 3 N–H and O–H groups in total. The van der Waals surface area contributed by atoms with Crippen molar-refractivity contribution in [2.24, 2.45) is 0 Å². The predicted molar refractivity (Wildman–Crippen MR) is 139 cm³/mol. The molecule has 2 amide bonds. The van der Waals surface area contributed by atoms with Crippen molar-refractivity contribution in [2.45, 2.75) is 56.6 Å². The van der Waals surface area contributed by atoms with Crippen LogP contribution < -0.4 is 21.3 Å². The van der Waals surface area contributed by atoms with E-state index in [2.05, 4.69) is 35.1 Å². The van der Waals surface area contributed by atoms with Crippen LogP contribution in [0.15, 0.2) is 42.5 Å². The normalized spacial score (nSPS) is 20.8. The lowest BCUT2D eigenvalue weighted by Gasteiger charge is -2.35. The van der Waals surface area contributed by atoms with E-state index in [-0.39, 0.29) is 11.8 Å². The molecule has 2 saturated carbocycles. The van der Waals surface area contributed by atoms with Crippen LogP contribution in [0, 0.1) is 0 Å². The first kappa shape index (κ1) is 23.3. The Labute approximate surface area is 211 Å². The van der Waals surface area contributed by atoms with Gasteiger partial charge < -0.3 is 20.3 Å². The van der Waals surface area contributed by atoms with Crippen molar-refractivity contribution in [1.29, 1.82) is 0 Å². The number of carbonyl (C=O) groups excluding carboxylic acids is 2. The Hall–Kier alpha value is -3.16. The minimum absolute atomic E-state index is 0.0116. The predicted octanol–water partition coefficient (Wildman–Crippen LogP) is 1.49. The molecule has 188 valence electrons. The van der Waals surface area contributed by atoms with Crippen LogP contribution in [0.1, 0.15) is 55.3 Å². The summed E-state index contributed by atoms with van der Waals surface area (Å²) in [7, 11) is 0. The molecule has 1 heterocycles. The van der Waals surface area contributed by atoms with Crippen LogP contribution in [0.4, 0.5) is 0 Å². The van der Waals surface area contributed by atoms with E-state index in [0.717, 1.165) is 30.4 Å². The lowest BCUT2D eigenvalue weighted by atomic mass is 10.0. The lowest BCUT2D eigenvalue weighted by Crippen LogP contribution is -2.53. The number of amides is 2. The highest BCUT2D eigenvalue weighted by atomic mass is 16.3. The van der Waals surface area contributed by atoms with Gasteiger partial charge in [0.15, 0.2) is 0 Å². The van der Waals surface area contributed by atoms with E-state index < -0.39 is 5.60 Å². The monoisotopic (exact) mass is 486 g/mol. The van der Waals surface area contributed by atoms with Gasteiger partial charge in [-0.1, -0.05) is 30.3 Å². The highest BCUT2D eigenvalue weighted by molar-refractivity contribution is 5.95. The topological polar surface area (TPSA) is 84.9 Å². The van der Waals surface area contributed by atoms with Gasteiger partial charge in [-0.3, -0.25) is 9.59 Å². The molecule has 0 spiro atoms. The summed E-state index contributed by atoms with van der Waals surface area (Å²) in [6, 6.07) is 15.1. The van der Waals surface area contributed by atoms with Gasteiger partial charge in [-0.15, -0.1) is 0 Å². The largest absolute Gasteiger partial charge is 0.380 e. The summed E-state index contributed by atoms with van der Waals surface area (Å²) in [6.07, 6.45) is 9.17. The number of piperazine rings is 1. The Morgan fingerprint density at radius 2 is 1.61 bits per heavy atom. The first-order valence-electron chi connectivity index (χ1n) is 13.3. The zero-order valence-corrected chi connectivity index (χ0v) is 20.6. The van der Waals surface area contributed by atoms with Crippen molar-refractivity contribution in [3.63, 3.8) is 0 Å². The minimum atomic E-state index is -1.14. The van der Waals surface area contributed by atoms with Gasteiger partial charge in [0, 0.05) is 48.7 Å². The van der Waals surface area contributed by atoms with Crippen LogP contribution in [0.5, 0.6) is 0 Å². The quantitative estimate of drug-likeness (QED) is 0.539. The van der Waals surface area contributed by atoms with E-state index in [1.807, 2.05) is 24.3 Å². The van der Waals surface area contributed by atoms with Gasteiger partial charge >= 0.3 is 0 Å². The number of nitrogens with zero attached hydrogens (tertiary/aromatic N) is 2. The fraction of sp³-hybridized carbons (Fsp3) is 0.448. The van der Waals surface area contributed by atoms with Gasteiger partial charge in [0.05, 0.1) is 0 Å². The second-order valence-corrected chi connectivity index (χ2v) is 10.6. The summed E-state index contributed by atoms with van der Waals surface area (Å²) in [6.45, 7) is 1.93. The third kappa shape index (κ3) is 4.77. The molecule has 7 nitrogen and oxygen atoms in total. The van der Waals surface area contributed by atoms with Gasteiger partial charge in [-0.05, 0) is 79.5 Å². The number of benzene rings is 2. The Kier molecular flexibility index (Phi) is 6.05. The van der Waals surface area contributed by atoms with Crippen LogP contribution in [0.25, 0.3) is 22.9 Å². The average Bonchev–Trinajstić information content (AvgIpc) is 3.84. The molecule has 3 fully saturated rings. The van der Waals surface area contributed by atoms with Crippen LogP contribution in [-0.4, -0.2) is 64.5 Å². The maximum atomic E-state index is 13.1. The Bertz CT molecular complexity index is 1290. The van der Waals surface area contributed by atoms with Gasteiger partial charge in [-0.25, -0.2) is 5.43 Å². The zero-order valence-electron chi connectivity index (χ0n) is 20.6. The number of carbonyl (C=O) groups is 2. The van der Waals surface area contributed by atoms with Crippen LogP contribution in [0.3, 0.4) is 0 Å². The van der Waals surface area contributed by atoms with Crippen molar-refractivity contribution in [3.05, 3.63) is 58.5 Å². The summed E-state index contributed by atoms with van der Waals surface area (Å²) in [5, 5.41) is 12.6. The second kappa shape index (κ2) is 9.37. The fourth-order valence-electron chi connectivity index (χ4n) is 5.13. The molecule has 0 bridgehead atoms. The molecule has 4 aliphatic rings. The SMILES string of the molecule is O=C(c1ccc(-c2ccc3c(c2)=CCCCC=3NNC2CC2)cc1)N1CCN(C(=O)C2(O)CC2)CC1. The summed E-state index contributed by atoms with van der Waals surface area (Å²) in [5.74, 6) is -0.195. The number of hydrogen-bond acceptors (Lipinski definition) is 5. The van der Waals surface area contributed by atoms with Crippen molar-refractivity contribution in [1.82, 2.24) is 20.7 Å². The van der Waals surface area contributed by atoms with E-state index in [1.54, 1.807) is 9.80 Å². The minimum Gasteiger partial charge on any atom is -0.380 e. The first-order chi connectivity index (χ1) is 17.5. The number of rotatable bonds is 6. The zero-order chi connectivity index (χ0) is 24.7. The van der Waals surface area contributed by atoms with E-state index in [1.165, 1.54) is 29.0 Å². The van der Waals surface area contributed by atoms with Gasteiger partial charge in [0.25, 0.3) is 11.8 Å². The summed E-state index contributed by atoms with van der Waals surface area (Å²) < 4.78 is 0. The molecular formula is C29H34N4O3. The van der Waals surface area contributed by atoms with Crippen molar-refractivity contribution >= 4 is 23.6 Å². The highest BCUT2D eigenvalue weighted by Gasteiger charge is 2.50. The van der Waals surface area contributed by atoms with Gasteiger partial charge in [0.1, 0.15) is 5.60 Å². The maximum Gasteiger partial charge on any atom is 0.254 e. The molecule has 0 radical (unpaired) electrons. The summed E-state index contributed by atoms with van der Waals surface area (Å²) in [4.78, 5) is 28.9. The van der Waals surface area contributed by atoms with Gasteiger partial charge in [0.2, 0.25) is 0 Å². The van der Waals surface area contributed by atoms with Crippen LogP contribution >= 0.6 is 0 Å². The molecule has 6 rings (SSSR count). The Morgan fingerprint density at radius 1 is 0.917 bits per heavy atom. The maximum absolute atomic E-state index is 13.1. The van der Waals surface area contributed by atoms with Crippen LogP contribution in [-0.2, 0) is 4.79 Å². The van der Waals surface area contributed by atoms with E-state index >= 15 is 0 Å². The molecular weight excluding hydrogens is 452 g/mol. The lowest BCUT2D eigenvalue weighted by molar-refractivity contribution is -0.143. The summed E-state index contributed by atoms with van der Waals surface area (Å²) in [5.41, 5.74) is 9.94. The molecule has 7 heteroatoms. The van der Waals surface area contributed by atoms with E-state index in [0.29, 0.717) is 50.6 Å². The molecule has 1 aliphatic heterocycles. The fourth-order valence-corrected chi connectivity index (χ4v) is 5.13. The number of hydrazine groups is 1. The molecule has 0 aromatic heterocycles. The standard InChI is InChI=1S/C29H34N4O3/c34-27(32-15-17-33(18-16-32)28(35)29(36)13-14-29)21-7-5-20(6-8-21)22-9-12-25-23(19-22)3-1-2-4-26(25)31-30-24-10-11-24/h3,5-9,12,19,24,30-31,36H,1-2,4,10-11,13-18H2. The molecule has 1 saturated heterocycles. The number of aliphatic hydroxyl groups is 1. The molecule has 3 aliphatic carbocycles. The van der Waals surface area contributed by atoms with E-state index in [9.17, 15) is 14.7 Å². The second-order valence-electron chi connectivity index (χ2n) is 10.6. The Balaban J connectivity index is 1.14. The third-order valence-corrected chi connectivity index (χ3v) is 7.82. The Morgan fingerprint density at radius 3 is 2.31 bits per heavy atom. The van der Waals surface area contributed by atoms with Crippen molar-refractivity contribution < 1.29 is 14.7 Å². The number of hydrogen-bond donors (Lipinski definition) is 3. The number of nitrogens with one attached hydrogen (secondary N) is 2. The molecule has 36 heavy (non-hydrogen) atoms. The average molecular weight is 487 g/mol.